The van der Waals surface area contributed by atoms with Gasteiger partial charge in [-0.2, -0.15) is 0 Å². The van der Waals surface area contributed by atoms with Crippen LogP contribution in [0.3, 0.4) is 0 Å². The molecular weight excluding hydrogens is 186 g/mol. The van der Waals surface area contributed by atoms with Crippen LogP contribution in [0.15, 0.2) is 12.2 Å². The van der Waals surface area contributed by atoms with Gasteiger partial charge >= 0.3 is 0 Å². The average Bonchev–Trinajstić information content (AvgIpc) is 2.26. The van der Waals surface area contributed by atoms with Gasteiger partial charge in [-0.3, -0.25) is 0 Å². The molecule has 0 heterocycles. The van der Waals surface area contributed by atoms with Crippen molar-refractivity contribution in [3.05, 3.63) is 12.2 Å². The molecule has 15 heavy (non-hydrogen) atoms. The van der Waals surface area contributed by atoms with E-state index in [1.165, 1.54) is 25.7 Å². The second kappa shape index (κ2) is 7.89. The average molecular weight is 211 g/mol. The molecule has 0 aromatic carbocycles. The molecule has 88 valence electrons. The minimum absolute atomic E-state index is 0.800. The van der Waals surface area contributed by atoms with E-state index >= 15 is 0 Å². The molecule has 0 amide bonds. The molecule has 2 heteroatoms. The molecule has 1 aliphatic rings. The van der Waals surface area contributed by atoms with Crippen molar-refractivity contribution >= 4 is 0 Å². The summed E-state index contributed by atoms with van der Waals surface area (Å²) in [7, 11) is 1.74. The molecule has 1 rings (SSSR count). The van der Waals surface area contributed by atoms with Gasteiger partial charge in [-0.1, -0.05) is 31.9 Å². The number of ether oxygens (including phenoxy) is 1. The summed E-state index contributed by atoms with van der Waals surface area (Å²) in [4.78, 5) is 0. The fraction of sp³-hybridized carbons (Fsp3) is 0.846. The molecule has 0 unspecified atom stereocenters. The van der Waals surface area contributed by atoms with Crippen molar-refractivity contribution < 1.29 is 4.74 Å². The van der Waals surface area contributed by atoms with Gasteiger partial charge in [0.05, 0.1) is 6.61 Å². The number of methoxy groups -OCH3 is 1. The van der Waals surface area contributed by atoms with Crippen molar-refractivity contribution in [2.45, 2.75) is 32.6 Å². The van der Waals surface area contributed by atoms with Gasteiger partial charge in [0, 0.05) is 20.2 Å². The zero-order valence-electron chi connectivity index (χ0n) is 10.2. The van der Waals surface area contributed by atoms with Crippen molar-refractivity contribution in [1.82, 2.24) is 5.32 Å². The molecule has 1 saturated carbocycles. The van der Waals surface area contributed by atoms with Crippen LogP contribution in [0.4, 0.5) is 0 Å². The summed E-state index contributed by atoms with van der Waals surface area (Å²) in [5.74, 6) is 1.79. The van der Waals surface area contributed by atoms with E-state index in [0.29, 0.717) is 0 Å². The second-order valence-corrected chi connectivity index (χ2v) is 4.65. The molecule has 0 bridgehead atoms. The highest BCUT2D eigenvalue weighted by molar-refractivity contribution is 4.91. The van der Waals surface area contributed by atoms with E-state index in [1.807, 2.05) is 0 Å². The Morgan fingerprint density at radius 1 is 1.27 bits per heavy atom. The maximum absolute atomic E-state index is 4.96. The second-order valence-electron chi connectivity index (χ2n) is 4.65. The Morgan fingerprint density at radius 2 is 2.00 bits per heavy atom. The third-order valence-electron chi connectivity index (χ3n) is 3.21. The summed E-state index contributed by atoms with van der Waals surface area (Å²) < 4.78 is 4.96. The molecule has 0 radical (unpaired) electrons. The fourth-order valence-corrected chi connectivity index (χ4v) is 2.10. The van der Waals surface area contributed by atoms with E-state index in [-0.39, 0.29) is 0 Å². The van der Waals surface area contributed by atoms with Gasteiger partial charge in [-0.05, 0) is 24.7 Å². The van der Waals surface area contributed by atoms with Crippen molar-refractivity contribution in [3.63, 3.8) is 0 Å². The van der Waals surface area contributed by atoms with E-state index in [1.54, 1.807) is 7.11 Å². The van der Waals surface area contributed by atoms with Gasteiger partial charge in [0.15, 0.2) is 0 Å². The normalized spacial score (nSPS) is 27.3. The van der Waals surface area contributed by atoms with E-state index in [0.717, 1.165) is 31.5 Å². The Morgan fingerprint density at radius 3 is 2.67 bits per heavy atom. The largest absolute Gasteiger partial charge is 0.383 e. The highest BCUT2D eigenvalue weighted by Gasteiger charge is 2.15. The highest BCUT2D eigenvalue weighted by atomic mass is 16.5. The highest BCUT2D eigenvalue weighted by Crippen LogP contribution is 2.28. The molecule has 0 atom stereocenters. The fourth-order valence-electron chi connectivity index (χ4n) is 2.10. The van der Waals surface area contributed by atoms with Gasteiger partial charge in [0.25, 0.3) is 0 Å². The number of hydrogen-bond acceptors (Lipinski definition) is 2. The van der Waals surface area contributed by atoms with E-state index in [4.69, 9.17) is 4.74 Å². The summed E-state index contributed by atoms with van der Waals surface area (Å²) >= 11 is 0. The molecule has 0 aromatic rings. The third-order valence-corrected chi connectivity index (χ3v) is 3.21. The van der Waals surface area contributed by atoms with Gasteiger partial charge in [-0.25, -0.2) is 0 Å². The lowest BCUT2D eigenvalue weighted by atomic mass is 9.83. The van der Waals surface area contributed by atoms with Crippen LogP contribution in [0, 0.1) is 11.8 Å². The van der Waals surface area contributed by atoms with Crippen LogP contribution >= 0.6 is 0 Å². The monoisotopic (exact) mass is 211 g/mol. The molecule has 0 saturated heterocycles. The van der Waals surface area contributed by atoms with E-state index < -0.39 is 0 Å². The van der Waals surface area contributed by atoms with Gasteiger partial charge < -0.3 is 10.1 Å². The van der Waals surface area contributed by atoms with Crippen LogP contribution in [-0.4, -0.2) is 26.8 Å². The van der Waals surface area contributed by atoms with Crippen LogP contribution < -0.4 is 5.32 Å². The van der Waals surface area contributed by atoms with Crippen molar-refractivity contribution in [3.8, 4) is 0 Å². The zero-order chi connectivity index (χ0) is 10.9. The summed E-state index contributed by atoms with van der Waals surface area (Å²) in [6.45, 7) is 5.10. The number of hydrogen-bond donors (Lipinski definition) is 1. The van der Waals surface area contributed by atoms with Crippen LogP contribution in [-0.2, 0) is 4.74 Å². The standard InChI is InChI=1S/C13H25NO/c1-12-5-7-13(8-6-12)4-3-9-14-10-11-15-2/h3-4,12-14H,5-11H2,1-2H3. The number of rotatable bonds is 6. The van der Waals surface area contributed by atoms with Crippen LogP contribution in [0.1, 0.15) is 32.6 Å². The Bertz CT molecular complexity index is 171. The lowest BCUT2D eigenvalue weighted by Crippen LogP contribution is -2.19. The molecule has 1 aliphatic carbocycles. The van der Waals surface area contributed by atoms with Gasteiger partial charge in [0.1, 0.15) is 0 Å². The first-order valence-corrected chi connectivity index (χ1v) is 6.19. The van der Waals surface area contributed by atoms with Crippen LogP contribution in [0.2, 0.25) is 0 Å². The molecule has 0 spiro atoms. The molecule has 2 nitrogen and oxygen atoms in total. The minimum atomic E-state index is 0.800. The Balaban J connectivity index is 2.00. The zero-order valence-corrected chi connectivity index (χ0v) is 10.2. The predicted molar refractivity (Wildman–Crippen MR) is 65.0 cm³/mol. The Hall–Kier alpha value is -0.340. The Kier molecular flexibility index (Phi) is 6.69. The third kappa shape index (κ3) is 5.95. The minimum Gasteiger partial charge on any atom is -0.383 e. The first kappa shape index (κ1) is 12.7. The van der Waals surface area contributed by atoms with Crippen LogP contribution in [0.5, 0.6) is 0 Å². The quantitative estimate of drug-likeness (QED) is 0.538. The molecular formula is C13H25NO. The maximum Gasteiger partial charge on any atom is 0.0587 e. The molecule has 1 N–H and O–H groups in total. The van der Waals surface area contributed by atoms with Crippen molar-refractivity contribution in [2.75, 3.05) is 26.8 Å². The van der Waals surface area contributed by atoms with E-state index in [2.05, 4.69) is 24.4 Å². The molecule has 0 aliphatic heterocycles. The van der Waals surface area contributed by atoms with Crippen molar-refractivity contribution in [1.29, 1.82) is 0 Å². The molecule has 1 fully saturated rings. The molecule has 0 aromatic heterocycles. The van der Waals surface area contributed by atoms with Gasteiger partial charge in [-0.15, -0.1) is 0 Å². The summed E-state index contributed by atoms with van der Waals surface area (Å²) in [5, 5.41) is 3.32. The van der Waals surface area contributed by atoms with Gasteiger partial charge in [0.2, 0.25) is 0 Å². The predicted octanol–water partition coefficient (Wildman–Crippen LogP) is 2.60. The first-order chi connectivity index (χ1) is 7.33. The lowest BCUT2D eigenvalue weighted by Gasteiger charge is -2.23. The topological polar surface area (TPSA) is 21.3 Å². The van der Waals surface area contributed by atoms with E-state index in [9.17, 15) is 0 Å². The number of allylic oxidation sites excluding steroid dienone is 1. The Labute approximate surface area is 94.1 Å². The smallest absolute Gasteiger partial charge is 0.0587 e. The van der Waals surface area contributed by atoms with Crippen molar-refractivity contribution in [2.24, 2.45) is 11.8 Å². The first-order valence-electron chi connectivity index (χ1n) is 6.19. The number of nitrogens with one attached hydrogen (secondary N) is 1. The van der Waals surface area contributed by atoms with Crippen LogP contribution in [0.25, 0.3) is 0 Å². The maximum atomic E-state index is 4.96. The summed E-state index contributed by atoms with van der Waals surface area (Å²) in [5.41, 5.74) is 0. The summed E-state index contributed by atoms with van der Waals surface area (Å²) in [6, 6.07) is 0. The lowest BCUT2D eigenvalue weighted by molar-refractivity contribution is 0.200. The SMILES string of the molecule is COCCNCC=CC1CCC(C)CC1. The summed E-state index contributed by atoms with van der Waals surface area (Å²) in [6.07, 6.45) is 10.3.